The summed E-state index contributed by atoms with van der Waals surface area (Å²) in [6.45, 7) is 13.7. The minimum absolute atomic E-state index is 0.335. The van der Waals surface area contributed by atoms with E-state index >= 15 is 0 Å². The van der Waals surface area contributed by atoms with Crippen LogP contribution in [0.4, 0.5) is 0 Å². The molecule has 0 heterocycles. The van der Waals surface area contributed by atoms with Gasteiger partial charge in [0.1, 0.15) is 0 Å². The van der Waals surface area contributed by atoms with Gasteiger partial charge < -0.3 is 8.85 Å². The van der Waals surface area contributed by atoms with E-state index in [1.54, 1.807) is 0 Å². The molecular weight excluding hydrogens is 336 g/mol. The summed E-state index contributed by atoms with van der Waals surface area (Å²) < 4.78 is 12.5. The van der Waals surface area contributed by atoms with Crippen LogP contribution in [-0.4, -0.2) is 21.3 Å². The zero-order valence-electron chi connectivity index (χ0n) is 18.5. The summed E-state index contributed by atoms with van der Waals surface area (Å²) in [6.07, 6.45) is 20.1. The number of hydrogen-bond acceptors (Lipinski definition) is 2. The van der Waals surface area contributed by atoms with Crippen LogP contribution in [0.25, 0.3) is 0 Å². The summed E-state index contributed by atoms with van der Waals surface area (Å²) in [6, 6.07) is 0. The third-order valence-electron chi connectivity index (χ3n) is 5.24. The molecule has 0 rings (SSSR count). The van der Waals surface area contributed by atoms with Crippen LogP contribution in [0.3, 0.4) is 0 Å². The van der Waals surface area contributed by atoms with Gasteiger partial charge in [0.15, 0.2) is 0 Å². The van der Waals surface area contributed by atoms with Gasteiger partial charge in [0.2, 0.25) is 0 Å². The average Bonchev–Trinajstić information content (AvgIpc) is 2.66. The Morgan fingerprint density at radius 2 is 1.27 bits per heavy atom. The lowest BCUT2D eigenvalue weighted by Gasteiger charge is -2.29. The molecule has 0 N–H and O–H groups in total. The van der Waals surface area contributed by atoms with Gasteiger partial charge in [-0.2, -0.15) is 0 Å². The molecule has 2 atom stereocenters. The standard InChI is InChI=1S/C23H48O2Si/c1-6-10-12-13-14-15-16-17-18-19-20-22-24-26(5,9-4)25-23(8-3)21-11-7-2/h9,23H,4,6-8,10-22H2,1-3,5H3. The molecule has 0 aromatic heterocycles. The van der Waals surface area contributed by atoms with Gasteiger partial charge >= 0.3 is 8.56 Å². The summed E-state index contributed by atoms with van der Waals surface area (Å²) >= 11 is 0. The fraction of sp³-hybridized carbons (Fsp3) is 0.913. The van der Waals surface area contributed by atoms with Gasteiger partial charge in [-0.1, -0.05) is 97.8 Å². The Kier molecular flexibility index (Phi) is 18.2. The molecule has 0 amide bonds. The van der Waals surface area contributed by atoms with Crippen LogP contribution in [-0.2, 0) is 8.85 Å². The van der Waals surface area contributed by atoms with Crippen molar-refractivity contribution in [2.75, 3.05) is 6.61 Å². The van der Waals surface area contributed by atoms with E-state index in [1.165, 1.54) is 77.0 Å². The highest BCUT2D eigenvalue weighted by Gasteiger charge is 2.30. The van der Waals surface area contributed by atoms with Crippen LogP contribution in [0.5, 0.6) is 0 Å². The lowest BCUT2D eigenvalue weighted by atomic mass is 10.1. The lowest BCUT2D eigenvalue weighted by Crippen LogP contribution is -2.40. The first-order valence-corrected chi connectivity index (χ1v) is 14.0. The van der Waals surface area contributed by atoms with Crippen molar-refractivity contribution in [1.29, 1.82) is 0 Å². The van der Waals surface area contributed by atoms with Crippen molar-refractivity contribution in [1.82, 2.24) is 0 Å². The summed E-state index contributed by atoms with van der Waals surface area (Å²) in [5.74, 6) is 0. The van der Waals surface area contributed by atoms with E-state index in [4.69, 9.17) is 8.85 Å². The highest BCUT2D eigenvalue weighted by atomic mass is 28.4. The second-order valence-electron chi connectivity index (χ2n) is 7.89. The van der Waals surface area contributed by atoms with Crippen molar-refractivity contribution in [3.05, 3.63) is 12.3 Å². The number of hydrogen-bond donors (Lipinski definition) is 0. The molecular formula is C23H48O2Si. The predicted octanol–water partition coefficient (Wildman–Crippen LogP) is 8.10. The molecule has 0 saturated carbocycles. The molecule has 0 aromatic carbocycles. The second-order valence-corrected chi connectivity index (χ2v) is 10.9. The smallest absolute Gasteiger partial charge is 0.361 e. The molecule has 2 nitrogen and oxygen atoms in total. The summed E-state index contributed by atoms with van der Waals surface area (Å²) in [5, 5.41) is 0. The average molecular weight is 385 g/mol. The SMILES string of the molecule is C=C[Si](C)(OCCCCCCCCCCCCC)OC(CC)CCCC. The summed E-state index contributed by atoms with van der Waals surface area (Å²) in [5.41, 5.74) is 1.96. The molecule has 26 heavy (non-hydrogen) atoms. The topological polar surface area (TPSA) is 18.5 Å². The molecule has 0 saturated heterocycles. The number of rotatable bonds is 20. The van der Waals surface area contributed by atoms with Crippen molar-refractivity contribution in [3.63, 3.8) is 0 Å². The van der Waals surface area contributed by atoms with E-state index in [0.717, 1.165) is 25.9 Å². The summed E-state index contributed by atoms with van der Waals surface area (Å²) in [4.78, 5) is 0. The number of unbranched alkanes of at least 4 members (excludes halogenated alkanes) is 11. The monoisotopic (exact) mass is 384 g/mol. The van der Waals surface area contributed by atoms with Gasteiger partial charge in [0.25, 0.3) is 0 Å². The Morgan fingerprint density at radius 1 is 0.769 bits per heavy atom. The Balaban J connectivity index is 3.68. The molecule has 156 valence electrons. The first-order valence-electron chi connectivity index (χ1n) is 11.6. The van der Waals surface area contributed by atoms with Crippen LogP contribution in [0.1, 0.15) is 117 Å². The predicted molar refractivity (Wildman–Crippen MR) is 119 cm³/mol. The maximum absolute atomic E-state index is 6.34. The van der Waals surface area contributed by atoms with Crippen molar-refractivity contribution in [2.45, 2.75) is 130 Å². The quantitative estimate of drug-likeness (QED) is 0.156. The highest BCUT2D eigenvalue weighted by Crippen LogP contribution is 2.18. The van der Waals surface area contributed by atoms with Gasteiger partial charge in [-0.3, -0.25) is 0 Å². The minimum atomic E-state index is -2.19. The van der Waals surface area contributed by atoms with E-state index in [-0.39, 0.29) is 0 Å². The molecule has 0 radical (unpaired) electrons. The molecule has 0 aromatic rings. The Hall–Kier alpha value is -0.123. The van der Waals surface area contributed by atoms with Gasteiger partial charge in [-0.05, 0) is 31.5 Å². The van der Waals surface area contributed by atoms with Gasteiger partial charge in [0.05, 0.1) is 0 Å². The third-order valence-corrected chi connectivity index (χ3v) is 7.56. The normalized spacial score (nSPS) is 14.9. The molecule has 0 bridgehead atoms. The van der Waals surface area contributed by atoms with Gasteiger partial charge in [0, 0.05) is 12.7 Å². The maximum atomic E-state index is 6.34. The molecule has 0 spiro atoms. The lowest BCUT2D eigenvalue weighted by molar-refractivity contribution is 0.112. The first-order chi connectivity index (χ1) is 12.6. The van der Waals surface area contributed by atoms with E-state index < -0.39 is 8.56 Å². The largest absolute Gasteiger partial charge is 0.391 e. The van der Waals surface area contributed by atoms with Crippen LogP contribution in [0.2, 0.25) is 6.55 Å². The molecule has 0 aliphatic heterocycles. The van der Waals surface area contributed by atoms with Crippen LogP contribution in [0.15, 0.2) is 12.3 Å². The van der Waals surface area contributed by atoms with E-state index in [1.807, 2.05) is 5.70 Å². The van der Waals surface area contributed by atoms with Crippen LogP contribution < -0.4 is 0 Å². The van der Waals surface area contributed by atoms with E-state index in [9.17, 15) is 0 Å². The van der Waals surface area contributed by atoms with Crippen LogP contribution in [0, 0.1) is 0 Å². The van der Waals surface area contributed by atoms with E-state index in [0.29, 0.717) is 6.10 Å². The Labute approximate surface area is 166 Å². The van der Waals surface area contributed by atoms with Crippen LogP contribution >= 0.6 is 0 Å². The van der Waals surface area contributed by atoms with Gasteiger partial charge in [-0.15, -0.1) is 6.58 Å². The molecule has 3 heteroatoms. The Morgan fingerprint density at radius 3 is 1.73 bits per heavy atom. The van der Waals surface area contributed by atoms with Crippen molar-refractivity contribution < 1.29 is 8.85 Å². The van der Waals surface area contributed by atoms with Crippen molar-refractivity contribution in [3.8, 4) is 0 Å². The Bertz CT molecular complexity index is 309. The highest BCUT2D eigenvalue weighted by molar-refractivity contribution is 6.71. The molecule has 2 unspecified atom stereocenters. The van der Waals surface area contributed by atoms with Crippen molar-refractivity contribution >= 4 is 8.56 Å². The zero-order valence-corrected chi connectivity index (χ0v) is 19.5. The maximum Gasteiger partial charge on any atom is 0.361 e. The molecule has 0 fully saturated rings. The first kappa shape index (κ1) is 25.9. The minimum Gasteiger partial charge on any atom is -0.391 e. The summed E-state index contributed by atoms with van der Waals surface area (Å²) in [7, 11) is -2.19. The van der Waals surface area contributed by atoms with Gasteiger partial charge in [-0.25, -0.2) is 0 Å². The molecule has 0 aliphatic rings. The zero-order chi connectivity index (χ0) is 19.5. The molecule has 0 aliphatic carbocycles. The van der Waals surface area contributed by atoms with Crippen molar-refractivity contribution in [2.24, 2.45) is 0 Å². The van der Waals surface area contributed by atoms with E-state index in [2.05, 4.69) is 33.9 Å². The fourth-order valence-electron chi connectivity index (χ4n) is 3.29. The third kappa shape index (κ3) is 15.0. The second kappa shape index (κ2) is 18.2. The fourth-order valence-corrected chi connectivity index (χ4v) is 5.07.